The van der Waals surface area contributed by atoms with Gasteiger partial charge in [-0.05, 0) is 25.5 Å². The second-order valence-corrected chi connectivity index (χ2v) is 3.13. The summed E-state index contributed by atoms with van der Waals surface area (Å²) in [5.41, 5.74) is 0. The Bertz CT molecular complexity index is 251. The first-order chi connectivity index (χ1) is 5.74. The van der Waals surface area contributed by atoms with Crippen molar-refractivity contribution >= 4 is 23.2 Å². The smallest absolute Gasteiger partial charge is 0.117 e. The summed E-state index contributed by atoms with van der Waals surface area (Å²) in [4.78, 5) is 0. The van der Waals surface area contributed by atoms with Gasteiger partial charge in [0, 0.05) is 0 Å². The maximum absolute atomic E-state index is 5.84. The lowest BCUT2D eigenvalue weighted by Gasteiger charge is -2.02. The Labute approximate surface area is 82.3 Å². The number of hydrogen-bond donors (Lipinski definition) is 0. The predicted molar refractivity (Wildman–Crippen MR) is 52.2 cm³/mol. The van der Waals surface area contributed by atoms with Crippen LogP contribution in [0.3, 0.4) is 0 Å². The fourth-order valence-electron chi connectivity index (χ4n) is 0.896. The van der Waals surface area contributed by atoms with Crippen LogP contribution in [0.25, 0.3) is 0 Å². The second kappa shape index (κ2) is 4.58. The molecule has 1 aliphatic rings. The Kier molecular flexibility index (Phi) is 3.70. The van der Waals surface area contributed by atoms with E-state index in [-0.39, 0.29) is 0 Å². The van der Waals surface area contributed by atoms with E-state index >= 15 is 0 Å². The highest BCUT2D eigenvalue weighted by molar-refractivity contribution is 6.44. The summed E-state index contributed by atoms with van der Waals surface area (Å²) in [5, 5.41) is 1.12. The van der Waals surface area contributed by atoms with Crippen molar-refractivity contribution in [2.45, 2.75) is 13.3 Å². The van der Waals surface area contributed by atoms with E-state index in [1.54, 1.807) is 6.08 Å². The number of ether oxygens (including phenoxy) is 1. The van der Waals surface area contributed by atoms with Crippen molar-refractivity contribution in [1.82, 2.24) is 0 Å². The predicted octanol–water partition coefficient (Wildman–Crippen LogP) is 3.56. The third-order valence-corrected chi connectivity index (χ3v) is 2.19. The molecule has 1 aliphatic carbocycles. The fourth-order valence-corrected chi connectivity index (χ4v) is 1.22. The van der Waals surface area contributed by atoms with Gasteiger partial charge in [0.05, 0.1) is 16.7 Å². The van der Waals surface area contributed by atoms with Gasteiger partial charge in [0.15, 0.2) is 0 Å². The molecule has 0 unspecified atom stereocenters. The molecular weight excluding hydrogens is 195 g/mol. The molecule has 12 heavy (non-hydrogen) atoms. The van der Waals surface area contributed by atoms with E-state index in [9.17, 15) is 0 Å². The van der Waals surface area contributed by atoms with Gasteiger partial charge in [0.1, 0.15) is 5.76 Å². The van der Waals surface area contributed by atoms with Crippen LogP contribution in [-0.2, 0) is 4.74 Å². The van der Waals surface area contributed by atoms with Crippen molar-refractivity contribution < 1.29 is 4.74 Å². The van der Waals surface area contributed by atoms with E-state index in [4.69, 9.17) is 27.9 Å². The summed E-state index contributed by atoms with van der Waals surface area (Å²) in [6, 6.07) is 0. The molecule has 0 N–H and O–H groups in total. The Morgan fingerprint density at radius 2 is 2.08 bits per heavy atom. The molecule has 0 radical (unpaired) electrons. The molecule has 66 valence electrons. The van der Waals surface area contributed by atoms with Crippen molar-refractivity contribution in [2.24, 2.45) is 0 Å². The maximum atomic E-state index is 5.84. The second-order valence-electron chi connectivity index (χ2n) is 2.32. The Hall–Kier alpha value is -0.400. The molecule has 0 atom stereocenters. The van der Waals surface area contributed by atoms with Crippen LogP contribution in [0.5, 0.6) is 0 Å². The minimum atomic E-state index is 0.536. The third-order valence-electron chi connectivity index (χ3n) is 1.42. The van der Waals surface area contributed by atoms with Crippen LogP contribution >= 0.6 is 23.2 Å². The number of allylic oxidation sites excluding steroid dienone is 5. The van der Waals surface area contributed by atoms with Crippen molar-refractivity contribution in [1.29, 1.82) is 0 Å². The molecule has 0 amide bonds. The SMILES string of the molecule is CCOC1=CCC=C(Cl)C(Cl)=C1. The summed E-state index contributed by atoms with van der Waals surface area (Å²) in [7, 11) is 0. The zero-order valence-electron chi connectivity index (χ0n) is 6.81. The van der Waals surface area contributed by atoms with Gasteiger partial charge in [0.2, 0.25) is 0 Å². The van der Waals surface area contributed by atoms with E-state index in [2.05, 4.69) is 0 Å². The highest BCUT2D eigenvalue weighted by Gasteiger charge is 2.04. The molecule has 0 heterocycles. The standard InChI is InChI=1S/C9H10Cl2O/c1-2-12-7-4-3-5-8(10)9(11)6-7/h4-6H,2-3H2,1H3. The van der Waals surface area contributed by atoms with E-state index in [1.807, 2.05) is 19.1 Å². The largest absolute Gasteiger partial charge is 0.494 e. The third kappa shape index (κ3) is 2.58. The van der Waals surface area contributed by atoms with Gasteiger partial charge >= 0.3 is 0 Å². The monoisotopic (exact) mass is 204 g/mol. The lowest BCUT2D eigenvalue weighted by molar-refractivity contribution is 0.241. The van der Waals surface area contributed by atoms with Crippen LogP contribution in [0.1, 0.15) is 13.3 Å². The van der Waals surface area contributed by atoms with Crippen LogP contribution in [-0.4, -0.2) is 6.61 Å². The topological polar surface area (TPSA) is 9.23 Å². The molecule has 0 saturated heterocycles. The van der Waals surface area contributed by atoms with E-state index in [0.717, 1.165) is 12.2 Å². The van der Waals surface area contributed by atoms with Gasteiger partial charge in [-0.15, -0.1) is 0 Å². The van der Waals surface area contributed by atoms with Crippen molar-refractivity contribution in [3.63, 3.8) is 0 Å². The first kappa shape index (κ1) is 9.69. The molecule has 0 saturated carbocycles. The average molecular weight is 205 g/mol. The van der Waals surface area contributed by atoms with E-state index in [0.29, 0.717) is 16.7 Å². The molecule has 0 bridgehead atoms. The Balaban J connectivity index is 2.76. The van der Waals surface area contributed by atoms with E-state index < -0.39 is 0 Å². The van der Waals surface area contributed by atoms with Crippen LogP contribution in [0.15, 0.2) is 34.1 Å². The molecule has 3 heteroatoms. The molecule has 1 rings (SSSR count). The molecule has 0 fully saturated rings. The Morgan fingerprint density at radius 3 is 2.75 bits per heavy atom. The van der Waals surface area contributed by atoms with Gasteiger partial charge < -0.3 is 4.74 Å². The van der Waals surface area contributed by atoms with Gasteiger partial charge in [-0.3, -0.25) is 0 Å². The van der Waals surface area contributed by atoms with Crippen LogP contribution in [0, 0.1) is 0 Å². The summed E-state index contributed by atoms with van der Waals surface area (Å²) in [6.07, 6.45) is 6.30. The number of rotatable bonds is 2. The minimum Gasteiger partial charge on any atom is -0.494 e. The average Bonchev–Trinajstić information content (AvgIpc) is 2.16. The fraction of sp³-hybridized carbons (Fsp3) is 0.333. The molecule has 0 aromatic carbocycles. The highest BCUT2D eigenvalue weighted by Crippen LogP contribution is 2.24. The van der Waals surface area contributed by atoms with Gasteiger partial charge in [-0.2, -0.15) is 0 Å². The molecule has 0 aliphatic heterocycles. The lowest BCUT2D eigenvalue weighted by atomic mass is 10.3. The van der Waals surface area contributed by atoms with Gasteiger partial charge in [0.25, 0.3) is 0 Å². The Morgan fingerprint density at radius 1 is 1.33 bits per heavy atom. The summed E-state index contributed by atoms with van der Waals surface area (Å²) >= 11 is 11.7. The normalized spacial score (nSPS) is 17.4. The molecular formula is C9H10Cl2O. The molecule has 0 spiro atoms. The maximum Gasteiger partial charge on any atom is 0.117 e. The van der Waals surface area contributed by atoms with Crippen molar-refractivity contribution in [3.8, 4) is 0 Å². The van der Waals surface area contributed by atoms with Crippen LogP contribution < -0.4 is 0 Å². The number of hydrogen-bond acceptors (Lipinski definition) is 1. The molecule has 0 aromatic heterocycles. The van der Waals surface area contributed by atoms with Crippen molar-refractivity contribution in [2.75, 3.05) is 6.61 Å². The van der Waals surface area contributed by atoms with Crippen molar-refractivity contribution in [3.05, 3.63) is 34.1 Å². The van der Waals surface area contributed by atoms with Crippen LogP contribution in [0.4, 0.5) is 0 Å². The zero-order valence-corrected chi connectivity index (χ0v) is 8.32. The van der Waals surface area contributed by atoms with Gasteiger partial charge in [-0.25, -0.2) is 0 Å². The first-order valence-electron chi connectivity index (χ1n) is 3.80. The summed E-state index contributed by atoms with van der Waals surface area (Å²) < 4.78 is 5.29. The van der Waals surface area contributed by atoms with E-state index in [1.165, 1.54) is 0 Å². The lowest BCUT2D eigenvalue weighted by Crippen LogP contribution is -1.87. The molecule has 1 nitrogen and oxygen atoms in total. The number of halogens is 2. The highest BCUT2D eigenvalue weighted by atomic mass is 35.5. The van der Waals surface area contributed by atoms with Gasteiger partial charge in [-0.1, -0.05) is 29.3 Å². The van der Waals surface area contributed by atoms with Crippen LogP contribution in [0.2, 0.25) is 0 Å². The molecule has 0 aromatic rings. The quantitative estimate of drug-likeness (QED) is 0.669. The summed E-state index contributed by atoms with van der Waals surface area (Å²) in [5.74, 6) is 0.786. The minimum absolute atomic E-state index is 0.536. The summed E-state index contributed by atoms with van der Waals surface area (Å²) in [6.45, 7) is 2.58. The zero-order chi connectivity index (χ0) is 8.97. The first-order valence-corrected chi connectivity index (χ1v) is 4.55.